The summed E-state index contributed by atoms with van der Waals surface area (Å²) in [5.74, 6) is 0.990. The van der Waals surface area contributed by atoms with Crippen molar-refractivity contribution in [3.05, 3.63) is 11.8 Å². The number of nitrogens with zero attached hydrogens (tertiary/aromatic N) is 1. The van der Waals surface area contributed by atoms with Gasteiger partial charge in [0.05, 0.1) is 0 Å². The quantitative estimate of drug-likeness (QED) is 0.803. The van der Waals surface area contributed by atoms with E-state index in [4.69, 9.17) is 9.26 Å². The van der Waals surface area contributed by atoms with Crippen molar-refractivity contribution in [1.82, 2.24) is 5.16 Å². The van der Waals surface area contributed by atoms with Crippen LogP contribution in [0.3, 0.4) is 0 Å². The molecule has 2 rings (SSSR count). The van der Waals surface area contributed by atoms with Crippen LogP contribution in [-0.4, -0.2) is 23.8 Å². The highest BCUT2D eigenvalue weighted by Gasteiger charge is 2.22. The lowest BCUT2D eigenvalue weighted by Gasteiger charge is -2.20. The molecule has 0 aliphatic carbocycles. The van der Waals surface area contributed by atoms with E-state index in [-0.39, 0.29) is 12.0 Å². The number of hydrogen-bond donors (Lipinski definition) is 1. The number of anilines is 1. The second-order valence-electron chi connectivity index (χ2n) is 3.67. The Morgan fingerprint density at radius 1 is 1.60 bits per heavy atom. The minimum absolute atomic E-state index is 0.136. The van der Waals surface area contributed by atoms with Crippen LogP contribution < -0.4 is 5.32 Å². The smallest absolute Gasteiger partial charge is 0.254 e. The summed E-state index contributed by atoms with van der Waals surface area (Å²) in [6.45, 7) is 2.44. The number of carbonyl (C=O) groups is 1. The topological polar surface area (TPSA) is 64.4 Å². The molecule has 0 radical (unpaired) electrons. The Morgan fingerprint density at radius 3 is 3.07 bits per heavy atom. The van der Waals surface area contributed by atoms with Crippen molar-refractivity contribution in [3.8, 4) is 0 Å². The number of rotatable bonds is 2. The van der Waals surface area contributed by atoms with Crippen molar-refractivity contribution in [3.63, 3.8) is 0 Å². The molecule has 0 saturated carbocycles. The summed E-state index contributed by atoms with van der Waals surface area (Å²) in [4.78, 5) is 11.7. The molecule has 0 spiro atoms. The highest BCUT2D eigenvalue weighted by atomic mass is 16.5. The van der Waals surface area contributed by atoms with Crippen LogP contribution in [0.25, 0.3) is 0 Å². The van der Waals surface area contributed by atoms with E-state index in [1.165, 1.54) is 0 Å². The molecule has 1 fully saturated rings. The predicted octanol–water partition coefficient (Wildman–Crippen LogP) is 1.49. The molecule has 1 aliphatic rings. The first kappa shape index (κ1) is 10.2. The maximum absolute atomic E-state index is 11.7. The van der Waals surface area contributed by atoms with Gasteiger partial charge in [-0.2, -0.15) is 0 Å². The molecular formula is C10H14N2O3. The van der Waals surface area contributed by atoms with Crippen LogP contribution in [0.2, 0.25) is 0 Å². The molecule has 1 aromatic rings. The fourth-order valence-corrected chi connectivity index (χ4v) is 1.58. The largest absolute Gasteiger partial charge is 0.368 e. The van der Waals surface area contributed by atoms with Gasteiger partial charge in [-0.15, -0.1) is 0 Å². The molecule has 1 saturated heterocycles. The summed E-state index contributed by atoms with van der Waals surface area (Å²) < 4.78 is 10.2. The van der Waals surface area contributed by atoms with E-state index in [1.807, 2.05) is 0 Å². The second kappa shape index (κ2) is 4.44. The van der Waals surface area contributed by atoms with Crippen molar-refractivity contribution >= 4 is 11.7 Å². The molecule has 1 N–H and O–H groups in total. The van der Waals surface area contributed by atoms with Gasteiger partial charge < -0.3 is 14.6 Å². The Labute approximate surface area is 87.8 Å². The molecule has 5 heteroatoms. The number of carbonyl (C=O) groups excluding carboxylic acids is 1. The van der Waals surface area contributed by atoms with Crippen LogP contribution >= 0.6 is 0 Å². The number of hydrogen-bond acceptors (Lipinski definition) is 4. The average molecular weight is 210 g/mol. The van der Waals surface area contributed by atoms with E-state index >= 15 is 0 Å². The average Bonchev–Trinajstić information content (AvgIpc) is 2.65. The minimum atomic E-state index is -0.337. The predicted molar refractivity (Wildman–Crippen MR) is 53.5 cm³/mol. The first-order chi connectivity index (χ1) is 7.25. The number of ether oxygens (including phenoxy) is 1. The first-order valence-corrected chi connectivity index (χ1v) is 5.11. The lowest BCUT2D eigenvalue weighted by molar-refractivity contribution is -0.130. The van der Waals surface area contributed by atoms with E-state index in [0.717, 1.165) is 19.3 Å². The van der Waals surface area contributed by atoms with E-state index in [0.29, 0.717) is 18.2 Å². The maximum atomic E-state index is 11.7. The Balaban J connectivity index is 1.91. The van der Waals surface area contributed by atoms with Crippen LogP contribution in [0.15, 0.2) is 10.6 Å². The number of aromatic nitrogens is 1. The van der Waals surface area contributed by atoms with Crippen molar-refractivity contribution < 1.29 is 14.1 Å². The number of nitrogens with one attached hydrogen (secondary N) is 1. The molecule has 1 amide bonds. The summed E-state index contributed by atoms with van der Waals surface area (Å²) in [5, 5.41) is 6.35. The van der Waals surface area contributed by atoms with E-state index in [2.05, 4.69) is 10.5 Å². The molecule has 5 nitrogen and oxygen atoms in total. The fraction of sp³-hybridized carbons (Fsp3) is 0.600. The standard InChI is InChI=1S/C10H14N2O3/c1-7-6-9(12-15-7)11-10(13)8-4-2-3-5-14-8/h6,8H,2-5H2,1H3,(H,11,12,13). The second-order valence-corrected chi connectivity index (χ2v) is 3.67. The third-order valence-corrected chi connectivity index (χ3v) is 2.35. The van der Waals surface area contributed by atoms with Crippen molar-refractivity contribution in [2.45, 2.75) is 32.3 Å². The molecule has 15 heavy (non-hydrogen) atoms. The Kier molecular flexibility index (Phi) is 3.01. The van der Waals surface area contributed by atoms with E-state index in [9.17, 15) is 4.79 Å². The maximum Gasteiger partial charge on any atom is 0.254 e. The summed E-state index contributed by atoms with van der Waals surface area (Å²) in [7, 11) is 0. The van der Waals surface area contributed by atoms with Gasteiger partial charge in [0.25, 0.3) is 5.91 Å². The van der Waals surface area contributed by atoms with Gasteiger partial charge in [-0.25, -0.2) is 0 Å². The van der Waals surface area contributed by atoms with Crippen LogP contribution in [0.1, 0.15) is 25.0 Å². The molecule has 2 heterocycles. The van der Waals surface area contributed by atoms with Crippen molar-refractivity contribution in [2.24, 2.45) is 0 Å². The van der Waals surface area contributed by atoms with Gasteiger partial charge in [0.15, 0.2) is 5.82 Å². The zero-order valence-corrected chi connectivity index (χ0v) is 8.66. The number of amides is 1. The van der Waals surface area contributed by atoms with Crippen LogP contribution in [0, 0.1) is 6.92 Å². The molecule has 82 valence electrons. The normalized spacial score (nSPS) is 21.3. The van der Waals surface area contributed by atoms with Gasteiger partial charge in [0.1, 0.15) is 11.9 Å². The van der Waals surface area contributed by atoms with Crippen LogP contribution in [-0.2, 0) is 9.53 Å². The molecule has 1 atom stereocenters. The molecule has 0 bridgehead atoms. The lowest BCUT2D eigenvalue weighted by Crippen LogP contribution is -2.33. The highest BCUT2D eigenvalue weighted by Crippen LogP contribution is 2.15. The molecule has 0 aromatic carbocycles. The molecule has 1 aliphatic heterocycles. The highest BCUT2D eigenvalue weighted by molar-refractivity contribution is 5.93. The zero-order valence-electron chi connectivity index (χ0n) is 8.66. The van der Waals surface area contributed by atoms with Crippen molar-refractivity contribution in [1.29, 1.82) is 0 Å². The van der Waals surface area contributed by atoms with Crippen molar-refractivity contribution in [2.75, 3.05) is 11.9 Å². The third kappa shape index (κ3) is 2.56. The van der Waals surface area contributed by atoms with Gasteiger partial charge in [-0.1, -0.05) is 5.16 Å². The van der Waals surface area contributed by atoms with Gasteiger partial charge in [0.2, 0.25) is 0 Å². The molecule has 1 unspecified atom stereocenters. The van der Waals surface area contributed by atoms with Gasteiger partial charge in [-0.3, -0.25) is 4.79 Å². The van der Waals surface area contributed by atoms with E-state index < -0.39 is 0 Å². The summed E-state index contributed by atoms with van der Waals surface area (Å²) in [6, 6.07) is 1.68. The first-order valence-electron chi connectivity index (χ1n) is 5.11. The minimum Gasteiger partial charge on any atom is -0.368 e. The third-order valence-electron chi connectivity index (χ3n) is 2.35. The Hall–Kier alpha value is -1.36. The summed E-state index contributed by atoms with van der Waals surface area (Å²) >= 11 is 0. The van der Waals surface area contributed by atoms with Gasteiger partial charge in [-0.05, 0) is 26.2 Å². The Bertz CT molecular complexity index is 342. The fourth-order valence-electron chi connectivity index (χ4n) is 1.58. The van der Waals surface area contributed by atoms with Crippen LogP contribution in [0.4, 0.5) is 5.82 Å². The molecular weight excluding hydrogens is 196 g/mol. The zero-order chi connectivity index (χ0) is 10.7. The number of aryl methyl sites for hydroxylation is 1. The monoisotopic (exact) mass is 210 g/mol. The van der Waals surface area contributed by atoms with Gasteiger partial charge in [0, 0.05) is 12.7 Å². The SMILES string of the molecule is Cc1cc(NC(=O)C2CCCCO2)no1. The Morgan fingerprint density at radius 2 is 2.47 bits per heavy atom. The summed E-state index contributed by atoms with van der Waals surface area (Å²) in [5.41, 5.74) is 0. The molecule has 1 aromatic heterocycles. The summed E-state index contributed by atoms with van der Waals surface area (Å²) in [6.07, 6.45) is 2.52. The van der Waals surface area contributed by atoms with Crippen LogP contribution in [0.5, 0.6) is 0 Å². The van der Waals surface area contributed by atoms with Gasteiger partial charge >= 0.3 is 0 Å². The lowest BCUT2D eigenvalue weighted by atomic mass is 10.1. The van der Waals surface area contributed by atoms with E-state index in [1.54, 1.807) is 13.0 Å².